The standard InChI is InChI=1S/C11H20N2/c1-3-4-9-13-10(2)5-6-11(13)7-8-12/h5-6H,3-4,7-9,12H2,1-2H3. The molecule has 1 aromatic heterocycles. The lowest BCUT2D eigenvalue weighted by Gasteiger charge is -2.10. The Hall–Kier alpha value is -0.760. The second kappa shape index (κ2) is 5.07. The van der Waals surface area contributed by atoms with Gasteiger partial charge in [-0.25, -0.2) is 0 Å². The van der Waals surface area contributed by atoms with Gasteiger partial charge in [0.15, 0.2) is 0 Å². The zero-order chi connectivity index (χ0) is 9.68. The third-order valence-corrected chi connectivity index (χ3v) is 2.43. The first-order valence-corrected chi connectivity index (χ1v) is 5.14. The van der Waals surface area contributed by atoms with E-state index in [9.17, 15) is 0 Å². The van der Waals surface area contributed by atoms with Gasteiger partial charge in [0.05, 0.1) is 0 Å². The maximum absolute atomic E-state index is 5.55. The average molecular weight is 180 g/mol. The van der Waals surface area contributed by atoms with Gasteiger partial charge in [0.1, 0.15) is 0 Å². The van der Waals surface area contributed by atoms with Crippen molar-refractivity contribution in [2.45, 2.75) is 39.7 Å². The quantitative estimate of drug-likeness (QED) is 0.739. The first-order valence-electron chi connectivity index (χ1n) is 5.14. The van der Waals surface area contributed by atoms with Crippen molar-refractivity contribution in [1.82, 2.24) is 4.57 Å². The summed E-state index contributed by atoms with van der Waals surface area (Å²) in [6.45, 7) is 6.28. The molecule has 1 aromatic rings. The van der Waals surface area contributed by atoms with Crippen molar-refractivity contribution in [3.63, 3.8) is 0 Å². The lowest BCUT2D eigenvalue weighted by atomic mass is 10.3. The first kappa shape index (κ1) is 10.3. The van der Waals surface area contributed by atoms with E-state index in [2.05, 4.69) is 30.5 Å². The molecular weight excluding hydrogens is 160 g/mol. The predicted octanol–water partition coefficient (Wildman–Crippen LogP) is 2.10. The second-order valence-corrected chi connectivity index (χ2v) is 3.51. The van der Waals surface area contributed by atoms with Crippen LogP contribution in [0.2, 0.25) is 0 Å². The number of hydrogen-bond donors (Lipinski definition) is 1. The van der Waals surface area contributed by atoms with Crippen molar-refractivity contribution >= 4 is 0 Å². The van der Waals surface area contributed by atoms with Crippen molar-refractivity contribution in [2.24, 2.45) is 5.73 Å². The van der Waals surface area contributed by atoms with Crippen LogP contribution in [0.1, 0.15) is 31.2 Å². The van der Waals surface area contributed by atoms with Gasteiger partial charge in [-0.2, -0.15) is 0 Å². The third kappa shape index (κ3) is 2.59. The van der Waals surface area contributed by atoms with Crippen molar-refractivity contribution in [1.29, 1.82) is 0 Å². The summed E-state index contributed by atoms with van der Waals surface area (Å²) in [7, 11) is 0. The van der Waals surface area contributed by atoms with E-state index < -0.39 is 0 Å². The maximum atomic E-state index is 5.55. The van der Waals surface area contributed by atoms with Gasteiger partial charge in [0.25, 0.3) is 0 Å². The molecule has 0 spiro atoms. The summed E-state index contributed by atoms with van der Waals surface area (Å²) in [6, 6.07) is 4.37. The van der Waals surface area contributed by atoms with Crippen molar-refractivity contribution in [3.8, 4) is 0 Å². The Labute approximate surface area is 80.7 Å². The highest BCUT2D eigenvalue weighted by molar-refractivity contribution is 5.15. The van der Waals surface area contributed by atoms with Crippen LogP contribution in [0.3, 0.4) is 0 Å². The molecule has 0 aliphatic heterocycles. The average Bonchev–Trinajstić information content (AvgIpc) is 2.45. The van der Waals surface area contributed by atoms with Crippen molar-refractivity contribution in [2.75, 3.05) is 6.54 Å². The number of nitrogens with two attached hydrogens (primary N) is 1. The molecule has 2 N–H and O–H groups in total. The smallest absolute Gasteiger partial charge is 0.0224 e. The summed E-state index contributed by atoms with van der Waals surface area (Å²) in [5.74, 6) is 0. The van der Waals surface area contributed by atoms with E-state index in [1.807, 2.05) is 0 Å². The van der Waals surface area contributed by atoms with Gasteiger partial charge < -0.3 is 10.3 Å². The summed E-state index contributed by atoms with van der Waals surface area (Å²) in [4.78, 5) is 0. The van der Waals surface area contributed by atoms with Gasteiger partial charge in [0.2, 0.25) is 0 Å². The molecule has 0 unspecified atom stereocenters. The highest BCUT2D eigenvalue weighted by Crippen LogP contribution is 2.10. The summed E-state index contributed by atoms with van der Waals surface area (Å²) < 4.78 is 2.39. The normalized spacial score (nSPS) is 10.7. The van der Waals surface area contributed by atoms with Gasteiger partial charge in [-0.15, -0.1) is 0 Å². The second-order valence-electron chi connectivity index (χ2n) is 3.51. The fourth-order valence-electron chi connectivity index (χ4n) is 1.63. The van der Waals surface area contributed by atoms with Crippen LogP contribution in [0.4, 0.5) is 0 Å². The molecule has 0 amide bonds. The van der Waals surface area contributed by atoms with Crippen molar-refractivity contribution < 1.29 is 0 Å². The molecule has 74 valence electrons. The summed E-state index contributed by atoms with van der Waals surface area (Å²) in [5.41, 5.74) is 8.30. The van der Waals surface area contributed by atoms with Gasteiger partial charge in [-0.3, -0.25) is 0 Å². The van der Waals surface area contributed by atoms with E-state index >= 15 is 0 Å². The zero-order valence-electron chi connectivity index (χ0n) is 8.71. The zero-order valence-corrected chi connectivity index (χ0v) is 8.71. The molecule has 0 bridgehead atoms. The van der Waals surface area contributed by atoms with Crippen LogP contribution in [0, 0.1) is 6.92 Å². The van der Waals surface area contributed by atoms with Crippen LogP contribution >= 0.6 is 0 Å². The Morgan fingerprint density at radius 2 is 2.15 bits per heavy atom. The highest BCUT2D eigenvalue weighted by Gasteiger charge is 2.02. The minimum absolute atomic E-state index is 0.746. The Morgan fingerprint density at radius 1 is 1.38 bits per heavy atom. The Bertz CT molecular complexity index is 251. The topological polar surface area (TPSA) is 30.9 Å². The minimum atomic E-state index is 0.746. The molecule has 0 saturated carbocycles. The van der Waals surface area contributed by atoms with Crippen LogP contribution in [0.15, 0.2) is 12.1 Å². The van der Waals surface area contributed by atoms with Gasteiger partial charge in [-0.1, -0.05) is 13.3 Å². The summed E-state index contributed by atoms with van der Waals surface area (Å²) in [6.07, 6.45) is 3.50. The highest BCUT2D eigenvalue weighted by atomic mass is 15.0. The molecule has 13 heavy (non-hydrogen) atoms. The molecular formula is C11H20N2. The number of rotatable bonds is 5. The third-order valence-electron chi connectivity index (χ3n) is 2.43. The Morgan fingerprint density at radius 3 is 2.77 bits per heavy atom. The molecule has 0 fully saturated rings. The number of nitrogens with zero attached hydrogens (tertiary/aromatic N) is 1. The van der Waals surface area contributed by atoms with Crippen LogP contribution in [0.5, 0.6) is 0 Å². The molecule has 2 nitrogen and oxygen atoms in total. The fourth-order valence-corrected chi connectivity index (χ4v) is 1.63. The van der Waals surface area contributed by atoms with Crippen LogP contribution < -0.4 is 5.73 Å². The lowest BCUT2D eigenvalue weighted by molar-refractivity contribution is 0.597. The fraction of sp³-hybridized carbons (Fsp3) is 0.636. The molecule has 1 rings (SSSR count). The summed E-state index contributed by atoms with van der Waals surface area (Å²) in [5, 5.41) is 0. The largest absolute Gasteiger partial charge is 0.349 e. The van der Waals surface area contributed by atoms with E-state index in [-0.39, 0.29) is 0 Å². The molecule has 0 aliphatic rings. The van der Waals surface area contributed by atoms with E-state index in [1.165, 1.54) is 24.2 Å². The molecule has 1 heterocycles. The van der Waals surface area contributed by atoms with Crippen molar-refractivity contribution in [3.05, 3.63) is 23.5 Å². The molecule has 0 aromatic carbocycles. The predicted molar refractivity (Wildman–Crippen MR) is 56.8 cm³/mol. The number of aryl methyl sites for hydroxylation is 1. The molecule has 0 saturated heterocycles. The number of aromatic nitrogens is 1. The van der Waals surface area contributed by atoms with Gasteiger partial charge >= 0.3 is 0 Å². The molecule has 0 atom stereocenters. The molecule has 0 aliphatic carbocycles. The van der Waals surface area contributed by atoms with E-state index in [0.717, 1.165) is 19.5 Å². The minimum Gasteiger partial charge on any atom is -0.349 e. The van der Waals surface area contributed by atoms with Crippen LogP contribution in [-0.2, 0) is 13.0 Å². The molecule has 2 heteroatoms. The molecule has 0 radical (unpaired) electrons. The Kier molecular flexibility index (Phi) is 4.03. The van der Waals surface area contributed by atoms with Gasteiger partial charge in [0, 0.05) is 17.9 Å². The monoisotopic (exact) mass is 180 g/mol. The van der Waals surface area contributed by atoms with Crippen LogP contribution in [0.25, 0.3) is 0 Å². The van der Waals surface area contributed by atoms with E-state index in [1.54, 1.807) is 0 Å². The first-order chi connectivity index (χ1) is 6.29. The number of hydrogen-bond acceptors (Lipinski definition) is 1. The Balaban J connectivity index is 2.69. The van der Waals surface area contributed by atoms with Gasteiger partial charge in [-0.05, 0) is 38.4 Å². The SMILES string of the molecule is CCCCn1c(C)ccc1CCN. The van der Waals surface area contributed by atoms with Crippen LogP contribution in [-0.4, -0.2) is 11.1 Å². The summed E-state index contributed by atoms with van der Waals surface area (Å²) >= 11 is 0. The maximum Gasteiger partial charge on any atom is 0.0224 e. The lowest BCUT2D eigenvalue weighted by Crippen LogP contribution is -2.10. The van der Waals surface area contributed by atoms with E-state index in [4.69, 9.17) is 5.73 Å². The van der Waals surface area contributed by atoms with E-state index in [0.29, 0.717) is 0 Å². The number of unbranched alkanes of at least 4 members (excludes halogenated alkanes) is 1.